The van der Waals surface area contributed by atoms with E-state index in [4.69, 9.17) is 4.74 Å². The largest absolute Gasteiger partial charge is 0.483 e. The molecule has 0 fully saturated rings. The van der Waals surface area contributed by atoms with Crippen LogP contribution in [0.25, 0.3) is 0 Å². The highest BCUT2D eigenvalue weighted by Gasteiger charge is 2.08. The summed E-state index contributed by atoms with van der Waals surface area (Å²) in [5.41, 5.74) is 1.59. The number of ether oxygens (including phenoxy) is 1. The average molecular weight is 356 g/mol. The number of nitrogens with zero attached hydrogens (tertiary/aromatic N) is 1. The Bertz CT molecular complexity index is 754. The van der Waals surface area contributed by atoms with Crippen LogP contribution >= 0.6 is 0 Å². The third-order valence-corrected chi connectivity index (χ3v) is 4.27. The van der Waals surface area contributed by atoms with E-state index in [2.05, 4.69) is 12.2 Å². The lowest BCUT2D eigenvalue weighted by atomic mass is 10.1. The van der Waals surface area contributed by atoms with Crippen molar-refractivity contribution < 1.29 is 9.53 Å². The predicted molar refractivity (Wildman–Crippen MR) is 103 cm³/mol. The first-order valence-corrected chi connectivity index (χ1v) is 9.23. The fourth-order valence-electron chi connectivity index (χ4n) is 2.66. The normalized spacial score (nSPS) is 10.5. The first-order chi connectivity index (χ1) is 12.6. The van der Waals surface area contributed by atoms with E-state index >= 15 is 0 Å². The van der Waals surface area contributed by atoms with Crippen LogP contribution in [0.2, 0.25) is 0 Å². The molecule has 26 heavy (non-hydrogen) atoms. The van der Waals surface area contributed by atoms with Crippen LogP contribution in [0, 0.1) is 0 Å². The molecule has 5 nitrogen and oxygen atoms in total. The fraction of sp³-hybridized carbons (Fsp3) is 0.429. The number of pyridine rings is 1. The quantitative estimate of drug-likeness (QED) is 0.662. The van der Waals surface area contributed by atoms with E-state index in [0.717, 1.165) is 36.9 Å². The molecular formula is C21H28N2O3. The van der Waals surface area contributed by atoms with Crippen molar-refractivity contribution in [1.82, 2.24) is 9.88 Å². The molecule has 0 bridgehead atoms. The van der Waals surface area contributed by atoms with Gasteiger partial charge in [0.2, 0.25) is 11.3 Å². The summed E-state index contributed by atoms with van der Waals surface area (Å²) < 4.78 is 7.46. The third kappa shape index (κ3) is 6.39. The van der Waals surface area contributed by atoms with E-state index in [9.17, 15) is 9.59 Å². The van der Waals surface area contributed by atoms with E-state index in [1.165, 1.54) is 6.07 Å². The van der Waals surface area contributed by atoms with Gasteiger partial charge in [0.05, 0.1) is 12.7 Å². The number of hydrogen-bond donors (Lipinski definition) is 1. The minimum Gasteiger partial charge on any atom is -0.483 e. The topological polar surface area (TPSA) is 60.3 Å². The first-order valence-electron chi connectivity index (χ1n) is 9.23. The standard InChI is InChI=1S/C21H28N2O3/c1-3-4-5-9-12-21(25)22-14-18-13-19(24)20(15-23(18)2)26-16-17-10-7-6-8-11-17/h6-8,10-11,13,15H,3-5,9,12,14,16H2,1-2H3,(H,22,25). The van der Waals surface area contributed by atoms with Crippen LogP contribution in [-0.4, -0.2) is 10.5 Å². The number of benzene rings is 1. The Hall–Kier alpha value is -2.56. The molecule has 0 atom stereocenters. The van der Waals surface area contributed by atoms with Gasteiger partial charge in [-0.2, -0.15) is 0 Å². The van der Waals surface area contributed by atoms with Gasteiger partial charge >= 0.3 is 0 Å². The summed E-state index contributed by atoms with van der Waals surface area (Å²) >= 11 is 0. The second-order valence-corrected chi connectivity index (χ2v) is 6.47. The summed E-state index contributed by atoms with van der Waals surface area (Å²) in [6.07, 6.45) is 6.51. The molecule has 1 aromatic heterocycles. The lowest BCUT2D eigenvalue weighted by Crippen LogP contribution is -2.25. The second kappa shape index (κ2) is 10.4. The smallest absolute Gasteiger partial charge is 0.223 e. The Morgan fingerprint density at radius 1 is 1.15 bits per heavy atom. The Morgan fingerprint density at radius 2 is 1.92 bits per heavy atom. The van der Waals surface area contributed by atoms with Crippen molar-refractivity contribution in [3.05, 3.63) is 64.1 Å². The van der Waals surface area contributed by atoms with Crippen LogP contribution in [0.3, 0.4) is 0 Å². The molecule has 0 spiro atoms. The Balaban J connectivity index is 1.88. The van der Waals surface area contributed by atoms with E-state index in [-0.39, 0.29) is 11.3 Å². The fourth-order valence-corrected chi connectivity index (χ4v) is 2.66. The molecular weight excluding hydrogens is 328 g/mol. The maximum absolute atomic E-state index is 12.3. The highest BCUT2D eigenvalue weighted by atomic mass is 16.5. The minimum atomic E-state index is -0.175. The zero-order valence-corrected chi connectivity index (χ0v) is 15.7. The van der Waals surface area contributed by atoms with E-state index in [1.807, 2.05) is 41.9 Å². The van der Waals surface area contributed by atoms with Gasteiger partial charge in [0.15, 0.2) is 5.75 Å². The molecule has 1 N–H and O–H groups in total. The number of hydrogen-bond acceptors (Lipinski definition) is 3. The number of aromatic nitrogens is 1. The molecule has 1 aromatic carbocycles. The zero-order chi connectivity index (χ0) is 18.8. The summed E-state index contributed by atoms with van der Waals surface area (Å²) in [5.74, 6) is 0.337. The predicted octanol–water partition coefficient (Wildman–Crippen LogP) is 3.55. The molecule has 1 amide bonds. The summed E-state index contributed by atoms with van der Waals surface area (Å²) in [7, 11) is 1.84. The molecule has 0 aliphatic rings. The number of carbonyl (C=O) groups is 1. The molecule has 0 aliphatic heterocycles. The van der Waals surface area contributed by atoms with Gasteiger partial charge < -0.3 is 14.6 Å². The average Bonchev–Trinajstić information content (AvgIpc) is 2.65. The van der Waals surface area contributed by atoms with Crippen molar-refractivity contribution >= 4 is 5.91 Å². The van der Waals surface area contributed by atoms with Gasteiger partial charge in [0, 0.05) is 25.2 Å². The number of unbranched alkanes of at least 4 members (excludes halogenated alkanes) is 3. The van der Waals surface area contributed by atoms with Gasteiger partial charge in [-0.25, -0.2) is 0 Å². The van der Waals surface area contributed by atoms with Gasteiger partial charge in [0.25, 0.3) is 0 Å². The van der Waals surface area contributed by atoms with Crippen molar-refractivity contribution in [2.45, 2.75) is 52.2 Å². The Kier molecular flexibility index (Phi) is 7.93. The molecule has 0 radical (unpaired) electrons. The maximum Gasteiger partial charge on any atom is 0.223 e. The van der Waals surface area contributed by atoms with Crippen LogP contribution in [-0.2, 0) is 25.0 Å². The number of amides is 1. The van der Waals surface area contributed by atoms with Crippen molar-refractivity contribution in [3.63, 3.8) is 0 Å². The van der Waals surface area contributed by atoms with Crippen LogP contribution in [0.5, 0.6) is 5.75 Å². The Labute approximate surface area is 155 Å². The maximum atomic E-state index is 12.3. The number of nitrogens with one attached hydrogen (secondary N) is 1. The molecule has 5 heteroatoms. The molecule has 1 heterocycles. The molecule has 0 saturated heterocycles. The monoisotopic (exact) mass is 356 g/mol. The van der Waals surface area contributed by atoms with Crippen molar-refractivity contribution in [2.24, 2.45) is 7.05 Å². The molecule has 0 aliphatic carbocycles. The third-order valence-electron chi connectivity index (χ3n) is 4.27. The van der Waals surface area contributed by atoms with Crippen molar-refractivity contribution in [1.29, 1.82) is 0 Å². The van der Waals surface area contributed by atoms with Crippen molar-refractivity contribution in [2.75, 3.05) is 0 Å². The van der Waals surface area contributed by atoms with E-state index in [0.29, 0.717) is 25.3 Å². The number of carbonyl (C=O) groups excluding carboxylic acids is 1. The molecule has 0 unspecified atom stereocenters. The zero-order valence-electron chi connectivity index (χ0n) is 15.7. The lowest BCUT2D eigenvalue weighted by Gasteiger charge is -2.12. The summed E-state index contributed by atoms with van der Waals surface area (Å²) in [6, 6.07) is 11.2. The number of aryl methyl sites for hydroxylation is 1. The van der Waals surface area contributed by atoms with Crippen LogP contribution in [0.1, 0.15) is 50.3 Å². The highest BCUT2D eigenvalue weighted by molar-refractivity contribution is 5.75. The van der Waals surface area contributed by atoms with Gasteiger partial charge in [-0.3, -0.25) is 9.59 Å². The molecule has 2 rings (SSSR count). The van der Waals surface area contributed by atoms with Crippen LogP contribution in [0.15, 0.2) is 47.4 Å². The van der Waals surface area contributed by atoms with Gasteiger partial charge in [-0.05, 0) is 12.0 Å². The van der Waals surface area contributed by atoms with Crippen LogP contribution in [0.4, 0.5) is 0 Å². The first kappa shape index (κ1) is 19.8. The van der Waals surface area contributed by atoms with E-state index < -0.39 is 0 Å². The lowest BCUT2D eigenvalue weighted by molar-refractivity contribution is -0.121. The van der Waals surface area contributed by atoms with E-state index in [1.54, 1.807) is 6.20 Å². The highest BCUT2D eigenvalue weighted by Crippen LogP contribution is 2.09. The number of rotatable bonds is 10. The summed E-state index contributed by atoms with van der Waals surface area (Å²) in [5, 5.41) is 2.88. The Morgan fingerprint density at radius 3 is 2.65 bits per heavy atom. The van der Waals surface area contributed by atoms with Crippen molar-refractivity contribution in [3.8, 4) is 5.75 Å². The van der Waals surface area contributed by atoms with Gasteiger partial charge in [-0.15, -0.1) is 0 Å². The van der Waals surface area contributed by atoms with Gasteiger partial charge in [-0.1, -0.05) is 56.5 Å². The molecule has 0 saturated carbocycles. The van der Waals surface area contributed by atoms with Crippen LogP contribution < -0.4 is 15.5 Å². The van der Waals surface area contributed by atoms with Gasteiger partial charge in [0.1, 0.15) is 6.61 Å². The minimum absolute atomic E-state index is 0.0259. The summed E-state index contributed by atoms with van der Waals surface area (Å²) in [4.78, 5) is 24.1. The second-order valence-electron chi connectivity index (χ2n) is 6.47. The SMILES string of the molecule is CCCCCCC(=O)NCc1cc(=O)c(OCc2ccccc2)cn1C. The molecule has 2 aromatic rings. The molecule has 140 valence electrons. The summed E-state index contributed by atoms with van der Waals surface area (Å²) in [6.45, 7) is 2.84.